The van der Waals surface area contributed by atoms with E-state index in [0.29, 0.717) is 29.4 Å². The van der Waals surface area contributed by atoms with Crippen molar-refractivity contribution in [2.75, 3.05) is 26.2 Å². The molecule has 1 rings (SSSR count). The summed E-state index contributed by atoms with van der Waals surface area (Å²) in [6, 6.07) is 4.83. The number of likely N-dealkylation sites (N-methyl/N-ethyl adjacent to an activating group) is 1. The fourth-order valence-electron chi connectivity index (χ4n) is 1.58. The monoisotopic (exact) mass is 300 g/mol. The number of amides is 1. The summed E-state index contributed by atoms with van der Waals surface area (Å²) < 4.78 is 5.44. The number of carbonyl (C=O) groups excluding carboxylic acids is 1. The molecule has 0 aliphatic carbocycles. The van der Waals surface area contributed by atoms with E-state index < -0.39 is 6.10 Å². The summed E-state index contributed by atoms with van der Waals surface area (Å²) in [4.78, 5) is 11.6. The summed E-state index contributed by atoms with van der Waals surface area (Å²) in [7, 11) is 0. The van der Waals surface area contributed by atoms with Gasteiger partial charge in [0.1, 0.15) is 18.5 Å². The first kappa shape index (κ1) is 16.8. The molecule has 1 amide bonds. The summed E-state index contributed by atoms with van der Waals surface area (Å²) in [5, 5.41) is 15.7. The van der Waals surface area contributed by atoms with Gasteiger partial charge in [-0.2, -0.15) is 0 Å². The maximum absolute atomic E-state index is 11.6. The molecule has 0 bridgehead atoms. The lowest BCUT2D eigenvalue weighted by Gasteiger charge is -2.14. The molecule has 5 nitrogen and oxygen atoms in total. The van der Waals surface area contributed by atoms with Gasteiger partial charge in [-0.15, -0.1) is 0 Å². The van der Waals surface area contributed by atoms with Crippen LogP contribution in [0.3, 0.4) is 0 Å². The minimum absolute atomic E-state index is 0.146. The summed E-state index contributed by atoms with van der Waals surface area (Å²) in [5.74, 6) is 0.281. The Bertz CT molecular complexity index is 440. The molecule has 0 unspecified atom stereocenters. The van der Waals surface area contributed by atoms with Crippen LogP contribution in [0, 0.1) is 0 Å². The number of halogens is 1. The number of ether oxygens (including phenoxy) is 1. The molecule has 0 saturated heterocycles. The van der Waals surface area contributed by atoms with E-state index in [1.54, 1.807) is 18.2 Å². The smallest absolute Gasteiger partial charge is 0.251 e. The van der Waals surface area contributed by atoms with Gasteiger partial charge in [0.25, 0.3) is 5.91 Å². The van der Waals surface area contributed by atoms with Crippen molar-refractivity contribution in [2.45, 2.75) is 20.0 Å². The number of benzene rings is 1. The number of hydrogen-bond acceptors (Lipinski definition) is 4. The van der Waals surface area contributed by atoms with Gasteiger partial charge in [0.2, 0.25) is 0 Å². The first-order valence-corrected chi connectivity index (χ1v) is 7.05. The topological polar surface area (TPSA) is 70.6 Å². The molecule has 20 heavy (non-hydrogen) atoms. The van der Waals surface area contributed by atoms with Crippen molar-refractivity contribution in [2.24, 2.45) is 0 Å². The quantitative estimate of drug-likeness (QED) is 0.679. The number of hydrogen-bond donors (Lipinski definition) is 3. The summed E-state index contributed by atoms with van der Waals surface area (Å²) in [6.07, 6.45) is -0.603. The fraction of sp³-hybridized carbons (Fsp3) is 0.500. The van der Waals surface area contributed by atoms with Gasteiger partial charge < -0.3 is 20.5 Å². The fourth-order valence-corrected chi connectivity index (χ4v) is 1.81. The Balaban J connectivity index is 2.57. The molecule has 0 aliphatic rings. The maximum atomic E-state index is 11.6. The van der Waals surface area contributed by atoms with Gasteiger partial charge in [0.15, 0.2) is 0 Å². The standard InChI is InChI=1S/C14H21ClN2O3/c1-3-16-8-11(18)9-20-13-6-5-10(7-12(13)15)14(19)17-4-2/h5-7,11,16,18H,3-4,8-9H2,1-2H3,(H,17,19)/t11-/m0/s1. The number of rotatable bonds is 8. The summed E-state index contributed by atoms with van der Waals surface area (Å²) in [5.41, 5.74) is 0.484. The SMILES string of the molecule is CCNC[C@H](O)COc1ccc(C(=O)NCC)cc1Cl. The number of carbonyl (C=O) groups is 1. The number of nitrogens with one attached hydrogen (secondary N) is 2. The van der Waals surface area contributed by atoms with Gasteiger partial charge in [-0.1, -0.05) is 18.5 Å². The molecule has 0 radical (unpaired) electrons. The molecule has 112 valence electrons. The first-order valence-electron chi connectivity index (χ1n) is 6.67. The van der Waals surface area contributed by atoms with Crippen molar-refractivity contribution in [3.05, 3.63) is 28.8 Å². The van der Waals surface area contributed by atoms with Crippen LogP contribution in [0.15, 0.2) is 18.2 Å². The highest BCUT2D eigenvalue weighted by molar-refractivity contribution is 6.32. The molecular formula is C14H21ClN2O3. The van der Waals surface area contributed by atoms with Crippen LogP contribution in [0.2, 0.25) is 5.02 Å². The average Bonchev–Trinajstić information content (AvgIpc) is 2.43. The van der Waals surface area contributed by atoms with Gasteiger partial charge in [0, 0.05) is 18.7 Å². The van der Waals surface area contributed by atoms with Crippen LogP contribution in [0.1, 0.15) is 24.2 Å². The zero-order chi connectivity index (χ0) is 15.0. The molecule has 1 atom stereocenters. The van der Waals surface area contributed by atoms with Crippen molar-refractivity contribution < 1.29 is 14.6 Å². The molecule has 0 saturated carbocycles. The van der Waals surface area contributed by atoms with Crippen LogP contribution in [-0.4, -0.2) is 43.4 Å². The molecule has 0 aliphatic heterocycles. The number of aliphatic hydroxyl groups is 1. The predicted molar refractivity (Wildman–Crippen MR) is 79.5 cm³/mol. The molecule has 0 fully saturated rings. The van der Waals surface area contributed by atoms with Crippen molar-refractivity contribution in [1.82, 2.24) is 10.6 Å². The van der Waals surface area contributed by atoms with E-state index in [-0.39, 0.29) is 12.5 Å². The zero-order valence-corrected chi connectivity index (χ0v) is 12.5. The lowest BCUT2D eigenvalue weighted by Crippen LogP contribution is -2.31. The zero-order valence-electron chi connectivity index (χ0n) is 11.8. The molecule has 6 heteroatoms. The third-order valence-corrected chi connectivity index (χ3v) is 2.89. The Hall–Kier alpha value is -1.30. The highest BCUT2D eigenvalue weighted by atomic mass is 35.5. The summed E-state index contributed by atoms with van der Waals surface area (Å²) >= 11 is 6.06. The van der Waals surface area contributed by atoms with Gasteiger partial charge in [-0.25, -0.2) is 0 Å². The normalized spacial score (nSPS) is 12.0. The van der Waals surface area contributed by atoms with Crippen molar-refractivity contribution in [3.8, 4) is 5.75 Å². The maximum Gasteiger partial charge on any atom is 0.251 e. The predicted octanol–water partition coefficient (Wildman–Crippen LogP) is 1.44. The summed E-state index contributed by atoms with van der Waals surface area (Å²) in [6.45, 7) is 5.77. The molecule has 3 N–H and O–H groups in total. The second-order valence-corrected chi connectivity index (χ2v) is 4.68. The van der Waals surface area contributed by atoms with E-state index in [0.717, 1.165) is 6.54 Å². The average molecular weight is 301 g/mol. The lowest BCUT2D eigenvalue weighted by molar-refractivity contribution is 0.0955. The van der Waals surface area contributed by atoms with Gasteiger partial charge in [0.05, 0.1) is 5.02 Å². The van der Waals surface area contributed by atoms with Gasteiger partial charge >= 0.3 is 0 Å². The Morgan fingerprint density at radius 2 is 2.15 bits per heavy atom. The van der Waals surface area contributed by atoms with Crippen molar-refractivity contribution in [3.63, 3.8) is 0 Å². The third-order valence-electron chi connectivity index (χ3n) is 2.59. The largest absolute Gasteiger partial charge is 0.489 e. The minimum Gasteiger partial charge on any atom is -0.489 e. The van der Waals surface area contributed by atoms with Gasteiger partial charge in [-0.05, 0) is 31.7 Å². The highest BCUT2D eigenvalue weighted by Gasteiger charge is 2.10. The van der Waals surface area contributed by atoms with E-state index in [4.69, 9.17) is 16.3 Å². The van der Waals surface area contributed by atoms with Crippen LogP contribution >= 0.6 is 11.6 Å². The Kier molecular flexibility index (Phi) is 7.36. The van der Waals surface area contributed by atoms with E-state index in [1.165, 1.54) is 0 Å². The van der Waals surface area contributed by atoms with Crippen LogP contribution in [0.25, 0.3) is 0 Å². The molecule has 1 aromatic carbocycles. The van der Waals surface area contributed by atoms with Gasteiger partial charge in [-0.3, -0.25) is 4.79 Å². The van der Waals surface area contributed by atoms with Crippen LogP contribution in [0.5, 0.6) is 5.75 Å². The Morgan fingerprint density at radius 3 is 2.75 bits per heavy atom. The molecule has 0 aromatic heterocycles. The number of aliphatic hydroxyl groups excluding tert-OH is 1. The molecule has 1 aromatic rings. The third kappa shape index (κ3) is 5.36. The molecule has 0 heterocycles. The van der Waals surface area contributed by atoms with Crippen molar-refractivity contribution in [1.29, 1.82) is 0 Å². The second-order valence-electron chi connectivity index (χ2n) is 4.28. The minimum atomic E-state index is -0.603. The second kappa shape index (κ2) is 8.79. The molecular weight excluding hydrogens is 280 g/mol. The first-order chi connectivity index (χ1) is 9.58. The van der Waals surface area contributed by atoms with E-state index in [9.17, 15) is 9.90 Å². The lowest BCUT2D eigenvalue weighted by atomic mass is 10.2. The van der Waals surface area contributed by atoms with E-state index >= 15 is 0 Å². The van der Waals surface area contributed by atoms with Crippen molar-refractivity contribution >= 4 is 17.5 Å². The van der Waals surface area contributed by atoms with Crippen LogP contribution in [0.4, 0.5) is 0 Å². The van der Waals surface area contributed by atoms with E-state index in [2.05, 4.69) is 10.6 Å². The van der Waals surface area contributed by atoms with Crippen LogP contribution in [-0.2, 0) is 0 Å². The Morgan fingerprint density at radius 1 is 1.40 bits per heavy atom. The Labute approximate surface area is 124 Å². The molecule has 0 spiro atoms. The van der Waals surface area contributed by atoms with Crippen LogP contribution < -0.4 is 15.4 Å². The highest BCUT2D eigenvalue weighted by Crippen LogP contribution is 2.25. The van der Waals surface area contributed by atoms with E-state index in [1.807, 2.05) is 13.8 Å².